The number of benzene rings is 1. The van der Waals surface area contributed by atoms with Gasteiger partial charge in [0.2, 0.25) is 0 Å². The van der Waals surface area contributed by atoms with Crippen molar-refractivity contribution in [3.63, 3.8) is 0 Å². The number of halogens is 1. The van der Waals surface area contributed by atoms with Gasteiger partial charge in [-0.2, -0.15) is 0 Å². The number of hydrogen-bond donors (Lipinski definition) is 0. The number of fused-ring (bicyclic) bond motifs is 1. The predicted molar refractivity (Wildman–Crippen MR) is 102 cm³/mol. The maximum absolute atomic E-state index is 13.6. The first kappa shape index (κ1) is 18.5. The fourth-order valence-electron chi connectivity index (χ4n) is 4.36. The molecule has 2 aromatic rings. The molecule has 146 valence electrons. The predicted octanol–water partition coefficient (Wildman–Crippen LogP) is 2.83. The lowest BCUT2D eigenvalue weighted by atomic mass is 9.98. The summed E-state index contributed by atoms with van der Waals surface area (Å²) in [6.45, 7) is 10.7. The van der Waals surface area contributed by atoms with Crippen LogP contribution >= 0.6 is 0 Å². The normalized spacial score (nSPS) is 22.7. The third-order valence-electron chi connectivity index (χ3n) is 6.35. The monoisotopic (exact) mass is 372 g/mol. The number of piperazine rings is 1. The number of nitrogens with zero attached hydrogens (tertiary/aromatic N) is 6. The van der Waals surface area contributed by atoms with Crippen molar-refractivity contribution in [2.24, 2.45) is 0 Å². The lowest BCUT2D eigenvalue weighted by Gasteiger charge is -2.41. The van der Waals surface area contributed by atoms with Crippen molar-refractivity contribution in [1.29, 1.82) is 0 Å². The summed E-state index contributed by atoms with van der Waals surface area (Å²) in [6.07, 6.45) is 3.45. The van der Waals surface area contributed by atoms with Gasteiger partial charge in [-0.05, 0) is 67.8 Å². The largest absolute Gasteiger partial charge is 0.298 e. The molecule has 2 aliphatic heterocycles. The number of hydrogen-bond acceptors (Lipinski definition) is 5. The quantitative estimate of drug-likeness (QED) is 0.808. The fourth-order valence-corrected chi connectivity index (χ4v) is 4.36. The summed E-state index contributed by atoms with van der Waals surface area (Å²) in [5.74, 6) is 0.631. The Kier molecular flexibility index (Phi) is 4.99. The van der Waals surface area contributed by atoms with Gasteiger partial charge < -0.3 is 0 Å². The van der Waals surface area contributed by atoms with Gasteiger partial charge in [0.1, 0.15) is 5.82 Å². The molecule has 2 saturated heterocycles. The van der Waals surface area contributed by atoms with Gasteiger partial charge in [-0.15, -0.1) is 5.10 Å². The van der Waals surface area contributed by atoms with Gasteiger partial charge in [0, 0.05) is 25.7 Å². The van der Waals surface area contributed by atoms with E-state index in [9.17, 15) is 4.39 Å². The third kappa shape index (κ3) is 3.50. The Morgan fingerprint density at radius 3 is 2.70 bits per heavy atom. The SMILES string of the molecule is CCC(C)(C)n1nnnc1[C@@H](c1ccc(F)cc1)N1CCN2CCC[C@@H]2C1. The zero-order valence-corrected chi connectivity index (χ0v) is 16.5. The maximum Gasteiger partial charge on any atom is 0.173 e. The summed E-state index contributed by atoms with van der Waals surface area (Å²) in [4.78, 5) is 5.07. The van der Waals surface area contributed by atoms with Gasteiger partial charge in [0.15, 0.2) is 5.82 Å². The lowest BCUT2D eigenvalue weighted by Crippen LogP contribution is -2.51. The molecule has 2 aliphatic rings. The number of rotatable bonds is 5. The van der Waals surface area contributed by atoms with Crippen LogP contribution in [0.4, 0.5) is 4.39 Å². The van der Waals surface area contributed by atoms with Gasteiger partial charge in [0.25, 0.3) is 0 Å². The van der Waals surface area contributed by atoms with Gasteiger partial charge >= 0.3 is 0 Å². The molecule has 2 fully saturated rings. The molecule has 1 aromatic heterocycles. The molecule has 0 radical (unpaired) electrons. The molecule has 6 nitrogen and oxygen atoms in total. The van der Waals surface area contributed by atoms with E-state index in [4.69, 9.17) is 0 Å². The molecule has 0 bridgehead atoms. The van der Waals surface area contributed by atoms with Crippen molar-refractivity contribution in [1.82, 2.24) is 30.0 Å². The third-order valence-corrected chi connectivity index (χ3v) is 6.35. The van der Waals surface area contributed by atoms with E-state index in [2.05, 4.69) is 46.1 Å². The van der Waals surface area contributed by atoms with Crippen LogP contribution in [0.2, 0.25) is 0 Å². The van der Waals surface area contributed by atoms with E-state index in [1.54, 1.807) is 0 Å². The van der Waals surface area contributed by atoms with Crippen LogP contribution in [0.3, 0.4) is 0 Å². The number of aromatic nitrogens is 4. The van der Waals surface area contributed by atoms with Crippen molar-refractivity contribution in [2.45, 2.75) is 57.7 Å². The van der Waals surface area contributed by atoms with Crippen LogP contribution in [0.15, 0.2) is 24.3 Å². The van der Waals surface area contributed by atoms with Gasteiger partial charge in [-0.1, -0.05) is 19.1 Å². The molecule has 0 aliphatic carbocycles. The second-order valence-electron chi connectivity index (χ2n) is 8.40. The highest BCUT2D eigenvalue weighted by Crippen LogP contribution is 2.34. The molecule has 0 saturated carbocycles. The molecule has 4 rings (SSSR count). The van der Waals surface area contributed by atoms with E-state index in [1.807, 2.05) is 16.8 Å². The van der Waals surface area contributed by atoms with Crippen molar-refractivity contribution in [2.75, 3.05) is 26.2 Å². The molecule has 2 atom stereocenters. The van der Waals surface area contributed by atoms with Gasteiger partial charge in [-0.3, -0.25) is 9.80 Å². The Morgan fingerprint density at radius 2 is 1.96 bits per heavy atom. The Bertz CT molecular complexity index is 771. The summed E-state index contributed by atoms with van der Waals surface area (Å²) in [5.41, 5.74) is 0.873. The number of tetrazole rings is 1. The second-order valence-corrected chi connectivity index (χ2v) is 8.40. The van der Waals surface area contributed by atoms with Crippen LogP contribution in [0.5, 0.6) is 0 Å². The van der Waals surface area contributed by atoms with E-state index in [1.165, 1.54) is 31.5 Å². The summed E-state index contributed by atoms with van der Waals surface area (Å²) in [6, 6.07) is 7.36. The molecule has 7 heteroatoms. The van der Waals surface area contributed by atoms with E-state index in [-0.39, 0.29) is 17.4 Å². The smallest absolute Gasteiger partial charge is 0.173 e. The molecular weight excluding hydrogens is 343 g/mol. The average molecular weight is 372 g/mol. The second kappa shape index (κ2) is 7.28. The summed E-state index contributed by atoms with van der Waals surface area (Å²) >= 11 is 0. The van der Waals surface area contributed by atoms with E-state index >= 15 is 0 Å². The van der Waals surface area contributed by atoms with Crippen LogP contribution in [-0.4, -0.2) is 62.2 Å². The van der Waals surface area contributed by atoms with Crippen molar-refractivity contribution < 1.29 is 4.39 Å². The highest BCUT2D eigenvalue weighted by atomic mass is 19.1. The first-order chi connectivity index (χ1) is 13.0. The standard InChI is InChI=1S/C20H29FN6/c1-4-20(2,3)27-19(22-23-24-27)18(15-7-9-16(21)10-8-15)26-13-12-25-11-5-6-17(25)14-26/h7-10,17-18H,4-6,11-14H2,1-3H3/t17-,18-/m1/s1. The zero-order chi connectivity index (χ0) is 19.0. The van der Waals surface area contributed by atoms with Crippen LogP contribution in [0.1, 0.15) is 57.5 Å². The first-order valence-electron chi connectivity index (χ1n) is 10.0. The van der Waals surface area contributed by atoms with Gasteiger partial charge in [0.05, 0.1) is 11.6 Å². The van der Waals surface area contributed by atoms with Crippen LogP contribution < -0.4 is 0 Å². The highest BCUT2D eigenvalue weighted by molar-refractivity contribution is 5.26. The average Bonchev–Trinajstić information content (AvgIpc) is 3.33. The molecule has 0 amide bonds. The molecular formula is C20H29FN6. The topological polar surface area (TPSA) is 50.1 Å². The summed E-state index contributed by atoms with van der Waals surface area (Å²) in [5, 5.41) is 12.8. The van der Waals surface area contributed by atoms with Crippen LogP contribution in [0.25, 0.3) is 0 Å². The minimum atomic E-state index is -0.216. The van der Waals surface area contributed by atoms with Crippen molar-refractivity contribution in [3.8, 4) is 0 Å². The fraction of sp³-hybridized carbons (Fsp3) is 0.650. The highest BCUT2D eigenvalue weighted by Gasteiger charge is 2.38. The Morgan fingerprint density at radius 1 is 1.19 bits per heavy atom. The van der Waals surface area contributed by atoms with E-state index < -0.39 is 0 Å². The van der Waals surface area contributed by atoms with Crippen molar-refractivity contribution in [3.05, 3.63) is 41.5 Å². The Labute approximate surface area is 160 Å². The Hall–Kier alpha value is -1.86. The lowest BCUT2D eigenvalue weighted by molar-refractivity contribution is 0.0770. The zero-order valence-electron chi connectivity index (χ0n) is 16.5. The van der Waals surface area contributed by atoms with E-state index in [0.717, 1.165) is 37.4 Å². The Balaban J connectivity index is 1.73. The molecule has 1 aromatic carbocycles. The molecule has 27 heavy (non-hydrogen) atoms. The summed E-state index contributed by atoms with van der Waals surface area (Å²) < 4.78 is 15.5. The molecule has 3 heterocycles. The van der Waals surface area contributed by atoms with Crippen LogP contribution in [0, 0.1) is 5.82 Å². The minimum Gasteiger partial charge on any atom is -0.298 e. The van der Waals surface area contributed by atoms with Crippen molar-refractivity contribution >= 4 is 0 Å². The van der Waals surface area contributed by atoms with E-state index in [0.29, 0.717) is 6.04 Å². The molecule has 0 unspecified atom stereocenters. The summed E-state index contributed by atoms with van der Waals surface area (Å²) in [7, 11) is 0. The first-order valence-corrected chi connectivity index (χ1v) is 10.0. The minimum absolute atomic E-state index is 0.0609. The molecule has 0 spiro atoms. The van der Waals surface area contributed by atoms with Crippen LogP contribution in [-0.2, 0) is 5.54 Å². The maximum atomic E-state index is 13.6. The molecule has 0 N–H and O–H groups in total. The van der Waals surface area contributed by atoms with Gasteiger partial charge in [-0.25, -0.2) is 9.07 Å².